The van der Waals surface area contributed by atoms with Crippen LogP contribution in [0.1, 0.15) is 33.3 Å². The Bertz CT molecular complexity index is 391. The molecule has 0 aromatic heterocycles. The number of hydrogen-bond acceptors (Lipinski definition) is 2. The fourth-order valence-electron chi connectivity index (χ4n) is 1.57. The lowest BCUT2D eigenvalue weighted by Gasteiger charge is -2.23. The average molecular weight is 221 g/mol. The summed E-state index contributed by atoms with van der Waals surface area (Å²) < 4.78 is 5.20. The zero-order valence-corrected chi connectivity index (χ0v) is 10.5. The van der Waals surface area contributed by atoms with Crippen molar-refractivity contribution < 1.29 is 9.53 Å². The minimum absolute atomic E-state index is 0.0354. The molecule has 16 heavy (non-hydrogen) atoms. The summed E-state index contributed by atoms with van der Waals surface area (Å²) in [6, 6.07) is 5.69. The predicted molar refractivity (Wildman–Crippen MR) is 66.0 cm³/mol. The van der Waals surface area contributed by atoms with Crippen LogP contribution in [0.4, 0.5) is 5.69 Å². The molecule has 0 fully saturated rings. The molecule has 88 valence electrons. The Morgan fingerprint density at radius 3 is 2.38 bits per heavy atom. The van der Waals surface area contributed by atoms with Crippen LogP contribution >= 0.6 is 0 Å². The zero-order valence-electron chi connectivity index (χ0n) is 10.5. The van der Waals surface area contributed by atoms with Crippen LogP contribution in [0.5, 0.6) is 5.75 Å². The summed E-state index contributed by atoms with van der Waals surface area (Å²) in [5.74, 6) is 0.745. The quantitative estimate of drug-likeness (QED) is 0.833. The largest absolute Gasteiger partial charge is 0.497 e. The summed E-state index contributed by atoms with van der Waals surface area (Å²) in [5, 5.41) is 2.84. The molecular formula is C13H19NO2. The van der Waals surface area contributed by atoms with Gasteiger partial charge in [-0.25, -0.2) is 0 Å². The molecule has 3 nitrogen and oxygen atoms in total. The van der Waals surface area contributed by atoms with Gasteiger partial charge in [0, 0.05) is 12.6 Å². The van der Waals surface area contributed by atoms with E-state index in [4.69, 9.17) is 4.74 Å². The molecule has 0 bridgehead atoms. The van der Waals surface area contributed by atoms with E-state index in [9.17, 15) is 4.79 Å². The highest BCUT2D eigenvalue weighted by Crippen LogP contribution is 2.32. The molecule has 1 aromatic carbocycles. The van der Waals surface area contributed by atoms with Crippen molar-refractivity contribution in [2.24, 2.45) is 0 Å². The molecule has 1 rings (SSSR count). The first kappa shape index (κ1) is 12.6. The highest BCUT2D eigenvalue weighted by atomic mass is 16.5. The highest BCUT2D eigenvalue weighted by molar-refractivity contribution is 5.89. The molecule has 0 unspecified atom stereocenters. The number of benzene rings is 1. The lowest BCUT2D eigenvalue weighted by Crippen LogP contribution is -2.17. The van der Waals surface area contributed by atoms with Crippen molar-refractivity contribution in [2.45, 2.75) is 33.1 Å². The normalized spacial score (nSPS) is 11.1. The first-order chi connectivity index (χ1) is 7.34. The Morgan fingerprint density at radius 2 is 1.94 bits per heavy atom. The van der Waals surface area contributed by atoms with Gasteiger partial charge in [-0.1, -0.05) is 20.8 Å². The van der Waals surface area contributed by atoms with Crippen molar-refractivity contribution in [2.75, 3.05) is 12.4 Å². The Kier molecular flexibility index (Phi) is 3.58. The van der Waals surface area contributed by atoms with Crippen molar-refractivity contribution in [3.8, 4) is 5.75 Å². The molecule has 0 saturated heterocycles. The first-order valence-electron chi connectivity index (χ1n) is 5.30. The summed E-state index contributed by atoms with van der Waals surface area (Å²) in [4.78, 5) is 11.1. The van der Waals surface area contributed by atoms with Crippen LogP contribution in [0.3, 0.4) is 0 Å². The number of anilines is 1. The number of nitrogens with one attached hydrogen (secondary N) is 1. The lowest BCUT2D eigenvalue weighted by atomic mass is 9.85. The van der Waals surface area contributed by atoms with Gasteiger partial charge in [0.2, 0.25) is 5.91 Å². The topological polar surface area (TPSA) is 38.3 Å². The van der Waals surface area contributed by atoms with E-state index in [-0.39, 0.29) is 11.3 Å². The van der Waals surface area contributed by atoms with Gasteiger partial charge in [-0.05, 0) is 29.2 Å². The number of rotatable bonds is 2. The zero-order chi connectivity index (χ0) is 12.3. The van der Waals surface area contributed by atoms with Gasteiger partial charge >= 0.3 is 0 Å². The molecule has 3 heteroatoms. The third-order valence-electron chi connectivity index (χ3n) is 2.35. The van der Waals surface area contributed by atoms with E-state index in [1.807, 2.05) is 18.2 Å². The molecule has 0 spiro atoms. The summed E-state index contributed by atoms with van der Waals surface area (Å²) in [6.45, 7) is 7.82. The molecule has 0 aliphatic heterocycles. The van der Waals surface area contributed by atoms with Crippen molar-refractivity contribution in [3.63, 3.8) is 0 Å². The van der Waals surface area contributed by atoms with E-state index in [0.29, 0.717) is 0 Å². The van der Waals surface area contributed by atoms with Gasteiger partial charge in [-0.3, -0.25) is 4.79 Å². The summed E-state index contributed by atoms with van der Waals surface area (Å²) in [6.07, 6.45) is 0. The lowest BCUT2D eigenvalue weighted by molar-refractivity contribution is -0.114. The molecule has 1 amide bonds. The maximum atomic E-state index is 11.1. The summed E-state index contributed by atoms with van der Waals surface area (Å²) in [7, 11) is 1.64. The van der Waals surface area contributed by atoms with Crippen LogP contribution in [0.2, 0.25) is 0 Å². The number of ether oxygens (including phenoxy) is 1. The molecular weight excluding hydrogens is 202 g/mol. The van der Waals surface area contributed by atoms with Crippen molar-refractivity contribution in [1.29, 1.82) is 0 Å². The Balaban J connectivity index is 3.22. The molecule has 0 radical (unpaired) electrons. The Labute approximate surface area is 96.8 Å². The molecule has 0 saturated carbocycles. The molecule has 1 N–H and O–H groups in total. The Morgan fingerprint density at radius 1 is 1.31 bits per heavy atom. The van der Waals surface area contributed by atoms with Crippen LogP contribution in [-0.2, 0) is 10.2 Å². The van der Waals surface area contributed by atoms with E-state index >= 15 is 0 Å². The van der Waals surface area contributed by atoms with Gasteiger partial charge in [-0.2, -0.15) is 0 Å². The number of hydrogen-bond donors (Lipinski definition) is 1. The second-order valence-corrected chi connectivity index (χ2v) is 4.84. The average Bonchev–Trinajstić information content (AvgIpc) is 2.15. The van der Waals surface area contributed by atoms with Gasteiger partial charge < -0.3 is 10.1 Å². The van der Waals surface area contributed by atoms with Crippen molar-refractivity contribution >= 4 is 11.6 Å². The summed E-state index contributed by atoms with van der Waals surface area (Å²) >= 11 is 0. The third-order valence-corrected chi connectivity index (χ3v) is 2.35. The van der Waals surface area contributed by atoms with Gasteiger partial charge in [-0.15, -0.1) is 0 Å². The standard InChI is InChI=1S/C13H19NO2/c1-9(15)14-12-7-6-10(16-5)8-11(12)13(2,3)4/h6-8H,1-5H3,(H,14,15). The number of carbonyl (C=O) groups excluding carboxylic acids is 1. The molecule has 0 atom stereocenters. The number of carbonyl (C=O) groups is 1. The van der Waals surface area contributed by atoms with Crippen LogP contribution in [-0.4, -0.2) is 13.0 Å². The van der Waals surface area contributed by atoms with Crippen molar-refractivity contribution in [1.82, 2.24) is 0 Å². The molecule has 1 aromatic rings. The predicted octanol–water partition coefficient (Wildman–Crippen LogP) is 2.95. The smallest absolute Gasteiger partial charge is 0.221 e. The van der Waals surface area contributed by atoms with E-state index < -0.39 is 0 Å². The van der Waals surface area contributed by atoms with E-state index in [1.165, 1.54) is 6.92 Å². The van der Waals surface area contributed by atoms with Crippen LogP contribution in [0.15, 0.2) is 18.2 Å². The van der Waals surface area contributed by atoms with Crippen LogP contribution in [0, 0.1) is 0 Å². The highest BCUT2D eigenvalue weighted by Gasteiger charge is 2.19. The molecule has 0 heterocycles. The first-order valence-corrected chi connectivity index (χ1v) is 5.30. The van der Waals surface area contributed by atoms with Crippen LogP contribution < -0.4 is 10.1 Å². The number of amides is 1. The van der Waals surface area contributed by atoms with Gasteiger partial charge in [0.05, 0.1) is 7.11 Å². The molecule has 0 aliphatic carbocycles. The second kappa shape index (κ2) is 4.56. The summed E-state index contributed by atoms with van der Waals surface area (Å²) in [5.41, 5.74) is 1.88. The minimum atomic E-state index is -0.0596. The van der Waals surface area contributed by atoms with Gasteiger partial charge in [0.1, 0.15) is 5.75 Å². The maximum Gasteiger partial charge on any atom is 0.221 e. The van der Waals surface area contributed by atoms with Gasteiger partial charge in [0.15, 0.2) is 0 Å². The third kappa shape index (κ3) is 2.99. The minimum Gasteiger partial charge on any atom is -0.497 e. The maximum absolute atomic E-state index is 11.1. The fourth-order valence-corrected chi connectivity index (χ4v) is 1.57. The molecule has 0 aliphatic rings. The number of methoxy groups -OCH3 is 1. The van der Waals surface area contributed by atoms with E-state index in [1.54, 1.807) is 7.11 Å². The van der Waals surface area contributed by atoms with E-state index in [2.05, 4.69) is 26.1 Å². The van der Waals surface area contributed by atoms with E-state index in [0.717, 1.165) is 17.0 Å². The fraction of sp³-hybridized carbons (Fsp3) is 0.462. The van der Waals surface area contributed by atoms with Gasteiger partial charge in [0.25, 0.3) is 0 Å². The van der Waals surface area contributed by atoms with Crippen molar-refractivity contribution in [3.05, 3.63) is 23.8 Å². The second-order valence-electron chi connectivity index (χ2n) is 4.84. The monoisotopic (exact) mass is 221 g/mol. The van der Waals surface area contributed by atoms with Crippen LogP contribution in [0.25, 0.3) is 0 Å². The SMILES string of the molecule is COc1ccc(NC(C)=O)c(C(C)(C)C)c1. The Hall–Kier alpha value is -1.51.